The molecule has 0 radical (unpaired) electrons. The van der Waals surface area contributed by atoms with Gasteiger partial charge in [0, 0.05) is 37.3 Å². The van der Waals surface area contributed by atoms with E-state index in [1.165, 1.54) is 12.8 Å². The van der Waals surface area contributed by atoms with Gasteiger partial charge in [-0.2, -0.15) is 0 Å². The third kappa shape index (κ3) is 3.24. The molecule has 6 nitrogen and oxygen atoms in total. The van der Waals surface area contributed by atoms with Crippen LogP contribution in [0, 0.1) is 0 Å². The largest absolute Gasteiger partial charge is 0.493 e. The fraction of sp³-hybridized carbons (Fsp3) is 0.480. The summed E-state index contributed by atoms with van der Waals surface area (Å²) >= 11 is 0. The van der Waals surface area contributed by atoms with Crippen molar-refractivity contribution in [2.24, 2.45) is 0 Å². The number of carbonyl (C=O) groups is 1. The summed E-state index contributed by atoms with van der Waals surface area (Å²) in [6.07, 6.45) is 4.80. The molecule has 0 saturated carbocycles. The van der Waals surface area contributed by atoms with Crippen molar-refractivity contribution in [3.63, 3.8) is 0 Å². The molecule has 0 aliphatic carbocycles. The number of rotatable bonds is 4. The Morgan fingerprint density at radius 3 is 2.55 bits per heavy atom. The molecule has 3 aliphatic rings. The van der Waals surface area contributed by atoms with E-state index in [9.17, 15) is 4.79 Å². The molecule has 0 aromatic heterocycles. The molecule has 2 aromatic carbocycles. The SMILES string of the molecule is CCN(C)C(=O)c1ccc2c(c1)Oc1c(OC)cccc1N2C1CC2CCC(C1)N2C. The molecule has 5 rings (SSSR count). The van der Waals surface area contributed by atoms with Crippen molar-refractivity contribution in [1.29, 1.82) is 0 Å². The van der Waals surface area contributed by atoms with Crippen LogP contribution in [0.25, 0.3) is 0 Å². The first-order valence-corrected chi connectivity index (χ1v) is 11.3. The molecule has 2 atom stereocenters. The van der Waals surface area contributed by atoms with Gasteiger partial charge < -0.3 is 24.2 Å². The first kappa shape index (κ1) is 20.2. The summed E-state index contributed by atoms with van der Waals surface area (Å²) in [5.41, 5.74) is 2.72. The van der Waals surface area contributed by atoms with Crippen LogP contribution in [0.2, 0.25) is 0 Å². The van der Waals surface area contributed by atoms with E-state index in [-0.39, 0.29) is 5.91 Å². The Balaban J connectivity index is 1.59. The minimum absolute atomic E-state index is 0.00334. The lowest BCUT2D eigenvalue weighted by Crippen LogP contribution is -2.48. The molecular weight excluding hydrogens is 390 g/mol. The van der Waals surface area contributed by atoms with Gasteiger partial charge >= 0.3 is 0 Å². The summed E-state index contributed by atoms with van der Waals surface area (Å²) in [7, 11) is 5.76. The van der Waals surface area contributed by atoms with Crippen molar-refractivity contribution in [1.82, 2.24) is 9.80 Å². The second-order valence-electron chi connectivity index (χ2n) is 8.96. The first-order valence-electron chi connectivity index (χ1n) is 11.3. The highest BCUT2D eigenvalue weighted by atomic mass is 16.5. The molecular formula is C25H31N3O3. The minimum Gasteiger partial charge on any atom is -0.493 e. The number of amides is 1. The standard InChI is InChI=1S/C25H31N3O3/c1-5-26(2)25(29)16-9-12-20-23(13-16)31-24-21(7-6-8-22(24)30-4)28(20)19-14-17-10-11-18(15-19)27(17)3/h6-9,12-13,17-19H,5,10-11,14-15H2,1-4H3. The molecule has 164 valence electrons. The lowest BCUT2D eigenvalue weighted by molar-refractivity contribution is 0.0802. The first-order chi connectivity index (χ1) is 15.0. The van der Waals surface area contributed by atoms with Gasteiger partial charge in [-0.15, -0.1) is 0 Å². The van der Waals surface area contributed by atoms with E-state index in [0.717, 1.165) is 35.7 Å². The molecule has 2 aromatic rings. The van der Waals surface area contributed by atoms with E-state index >= 15 is 0 Å². The van der Waals surface area contributed by atoms with E-state index in [1.54, 1.807) is 12.0 Å². The Kier molecular flexibility index (Phi) is 5.05. The molecule has 1 amide bonds. The van der Waals surface area contributed by atoms with Gasteiger partial charge in [0.2, 0.25) is 0 Å². The van der Waals surface area contributed by atoms with Gasteiger partial charge in [0.05, 0.1) is 18.5 Å². The third-order valence-corrected chi connectivity index (χ3v) is 7.38. The van der Waals surface area contributed by atoms with E-state index in [4.69, 9.17) is 9.47 Å². The number of hydrogen-bond donors (Lipinski definition) is 0. The molecule has 3 aliphatic heterocycles. The zero-order chi connectivity index (χ0) is 21.7. The number of para-hydroxylation sites is 1. The fourth-order valence-electron chi connectivity index (χ4n) is 5.48. The van der Waals surface area contributed by atoms with Crippen LogP contribution in [0.15, 0.2) is 36.4 Å². The lowest BCUT2D eigenvalue weighted by Gasteiger charge is -2.45. The topological polar surface area (TPSA) is 45.3 Å². The maximum atomic E-state index is 12.8. The Bertz CT molecular complexity index is 994. The van der Waals surface area contributed by atoms with Crippen molar-refractivity contribution in [2.45, 2.75) is 50.7 Å². The Morgan fingerprint density at radius 2 is 1.87 bits per heavy atom. The number of anilines is 2. The summed E-state index contributed by atoms with van der Waals surface area (Å²) in [4.78, 5) is 19.5. The quantitative estimate of drug-likeness (QED) is 0.719. The maximum absolute atomic E-state index is 12.8. The van der Waals surface area contributed by atoms with E-state index in [1.807, 2.05) is 38.2 Å². The lowest BCUT2D eigenvalue weighted by atomic mass is 9.94. The van der Waals surface area contributed by atoms with Crippen molar-refractivity contribution >= 4 is 17.3 Å². The molecule has 2 saturated heterocycles. The maximum Gasteiger partial charge on any atom is 0.253 e. The normalized spacial score (nSPS) is 24.3. The highest BCUT2D eigenvalue weighted by molar-refractivity contribution is 5.96. The zero-order valence-electron chi connectivity index (χ0n) is 18.8. The van der Waals surface area contributed by atoms with Gasteiger partial charge in [0.25, 0.3) is 5.91 Å². The average molecular weight is 422 g/mol. The van der Waals surface area contributed by atoms with Crippen molar-refractivity contribution in [3.8, 4) is 17.2 Å². The number of methoxy groups -OCH3 is 1. The molecule has 6 heteroatoms. The predicted octanol–water partition coefficient (Wildman–Crippen LogP) is 4.66. The smallest absolute Gasteiger partial charge is 0.253 e. The van der Waals surface area contributed by atoms with Crippen LogP contribution in [0.4, 0.5) is 11.4 Å². The van der Waals surface area contributed by atoms with Gasteiger partial charge in [0.1, 0.15) is 0 Å². The molecule has 0 N–H and O–H groups in total. The molecule has 3 heterocycles. The molecule has 2 unspecified atom stereocenters. The number of ether oxygens (including phenoxy) is 2. The molecule has 2 bridgehead atoms. The Labute approximate surface area is 184 Å². The van der Waals surface area contributed by atoms with Crippen LogP contribution in [0.3, 0.4) is 0 Å². The van der Waals surface area contributed by atoms with E-state index in [2.05, 4.69) is 29.0 Å². The van der Waals surface area contributed by atoms with Crippen molar-refractivity contribution < 1.29 is 14.3 Å². The highest BCUT2D eigenvalue weighted by Gasteiger charge is 2.43. The second kappa shape index (κ2) is 7.75. The summed E-state index contributed by atoms with van der Waals surface area (Å²) in [6.45, 7) is 2.64. The van der Waals surface area contributed by atoms with Crippen LogP contribution < -0.4 is 14.4 Å². The van der Waals surface area contributed by atoms with Crippen LogP contribution in [-0.2, 0) is 0 Å². The number of piperidine rings is 1. The monoisotopic (exact) mass is 421 g/mol. The fourth-order valence-corrected chi connectivity index (χ4v) is 5.48. The van der Waals surface area contributed by atoms with Crippen LogP contribution in [0.1, 0.15) is 43.0 Å². The second-order valence-corrected chi connectivity index (χ2v) is 8.96. The molecule has 2 fully saturated rings. The minimum atomic E-state index is 0.00334. The van der Waals surface area contributed by atoms with Gasteiger partial charge in [-0.1, -0.05) is 6.07 Å². The number of carbonyl (C=O) groups excluding carboxylic acids is 1. The Morgan fingerprint density at radius 1 is 1.13 bits per heavy atom. The number of fused-ring (bicyclic) bond motifs is 4. The van der Waals surface area contributed by atoms with Crippen LogP contribution >= 0.6 is 0 Å². The van der Waals surface area contributed by atoms with Crippen LogP contribution in [0.5, 0.6) is 17.2 Å². The van der Waals surface area contributed by atoms with Crippen LogP contribution in [-0.4, -0.2) is 61.6 Å². The Hall–Kier alpha value is -2.73. The number of nitrogens with zero attached hydrogens (tertiary/aromatic N) is 3. The number of benzene rings is 2. The zero-order valence-corrected chi connectivity index (χ0v) is 18.8. The van der Waals surface area contributed by atoms with Gasteiger partial charge in [-0.3, -0.25) is 4.79 Å². The third-order valence-electron chi connectivity index (χ3n) is 7.38. The number of hydrogen-bond acceptors (Lipinski definition) is 5. The predicted molar refractivity (Wildman–Crippen MR) is 122 cm³/mol. The highest BCUT2D eigenvalue weighted by Crippen LogP contribution is 2.53. The van der Waals surface area contributed by atoms with Crippen molar-refractivity contribution in [2.75, 3.05) is 32.6 Å². The average Bonchev–Trinajstić information content (AvgIpc) is 3.00. The summed E-state index contributed by atoms with van der Waals surface area (Å²) in [5, 5.41) is 0. The van der Waals surface area contributed by atoms with Gasteiger partial charge in [-0.05, 0) is 70.0 Å². The van der Waals surface area contributed by atoms with E-state index in [0.29, 0.717) is 36.0 Å². The van der Waals surface area contributed by atoms with Gasteiger partial charge in [0.15, 0.2) is 17.2 Å². The summed E-state index contributed by atoms with van der Waals surface area (Å²) < 4.78 is 12.0. The van der Waals surface area contributed by atoms with Crippen molar-refractivity contribution in [3.05, 3.63) is 42.0 Å². The summed E-state index contributed by atoms with van der Waals surface area (Å²) in [5.74, 6) is 2.17. The van der Waals surface area contributed by atoms with E-state index < -0.39 is 0 Å². The molecule has 31 heavy (non-hydrogen) atoms. The summed E-state index contributed by atoms with van der Waals surface area (Å²) in [6, 6.07) is 13.6. The molecule has 0 spiro atoms. The van der Waals surface area contributed by atoms with Gasteiger partial charge in [-0.25, -0.2) is 0 Å².